The van der Waals surface area contributed by atoms with Gasteiger partial charge < -0.3 is 16.0 Å². The summed E-state index contributed by atoms with van der Waals surface area (Å²) in [7, 11) is 0. The summed E-state index contributed by atoms with van der Waals surface area (Å²) in [6.45, 7) is 5.67. The van der Waals surface area contributed by atoms with Gasteiger partial charge in [-0.2, -0.15) is 5.10 Å². The topological polar surface area (TPSA) is 90.3 Å². The lowest BCUT2D eigenvalue weighted by Crippen LogP contribution is -2.56. The first kappa shape index (κ1) is 18.9. The average molecular weight is 435 g/mol. The third kappa shape index (κ3) is 4.18. The maximum absolute atomic E-state index is 12.8. The molecule has 27 heavy (non-hydrogen) atoms. The number of carbonyl (C=O) groups is 1. The molecule has 1 aromatic carbocycles. The number of H-pyrrole nitrogens is 1. The number of nitrogens with zero attached hydrogens (tertiary/aromatic N) is 3. The van der Waals surface area contributed by atoms with Gasteiger partial charge in [-0.1, -0.05) is 0 Å². The largest absolute Gasteiger partial charge is 0.339 e. The van der Waals surface area contributed by atoms with Gasteiger partial charge in [-0.25, -0.2) is 0 Å². The van der Waals surface area contributed by atoms with Gasteiger partial charge in [0, 0.05) is 42.1 Å². The van der Waals surface area contributed by atoms with Gasteiger partial charge >= 0.3 is 0 Å². The first-order chi connectivity index (χ1) is 13.1. The summed E-state index contributed by atoms with van der Waals surface area (Å²) in [6.07, 6.45) is 4.74. The number of hydrogen-bond donors (Lipinski definition) is 3. The number of nitrogens with two attached hydrogens (primary N) is 1. The SMILES string of the molecule is NC(Cc1cc(Br)c2[nH]ncc2c1)C(=O)N1CCN(C2CCNCC2)CC1. The molecule has 2 fully saturated rings. The molecule has 4 N–H and O–H groups in total. The predicted octanol–water partition coefficient (Wildman–Crippen LogP) is 1.09. The van der Waals surface area contributed by atoms with Crippen LogP contribution >= 0.6 is 15.9 Å². The number of aromatic amines is 1. The lowest BCUT2D eigenvalue weighted by Gasteiger charge is -2.41. The van der Waals surface area contributed by atoms with Crippen LogP contribution in [-0.4, -0.2) is 77.3 Å². The maximum Gasteiger partial charge on any atom is 0.239 e. The van der Waals surface area contributed by atoms with Crippen LogP contribution in [0.25, 0.3) is 10.9 Å². The van der Waals surface area contributed by atoms with Crippen LogP contribution in [0.1, 0.15) is 18.4 Å². The number of amides is 1. The molecule has 8 heteroatoms. The van der Waals surface area contributed by atoms with Crippen LogP contribution in [-0.2, 0) is 11.2 Å². The summed E-state index contributed by atoms with van der Waals surface area (Å²) >= 11 is 3.56. The third-order valence-electron chi connectivity index (χ3n) is 5.78. The van der Waals surface area contributed by atoms with Crippen molar-refractivity contribution in [3.8, 4) is 0 Å². The number of benzene rings is 1. The molecule has 1 amide bonds. The van der Waals surface area contributed by atoms with E-state index in [1.54, 1.807) is 6.20 Å². The Labute approximate surface area is 167 Å². The smallest absolute Gasteiger partial charge is 0.239 e. The van der Waals surface area contributed by atoms with Crippen LogP contribution in [0.4, 0.5) is 0 Å². The van der Waals surface area contributed by atoms with E-state index in [-0.39, 0.29) is 5.91 Å². The Balaban J connectivity index is 1.33. The van der Waals surface area contributed by atoms with Crippen molar-refractivity contribution in [2.45, 2.75) is 31.3 Å². The number of carbonyl (C=O) groups excluding carboxylic acids is 1. The fraction of sp³-hybridized carbons (Fsp3) is 0.579. The van der Waals surface area contributed by atoms with Gasteiger partial charge in [0.25, 0.3) is 0 Å². The van der Waals surface area contributed by atoms with Crippen molar-refractivity contribution in [2.24, 2.45) is 5.73 Å². The van der Waals surface area contributed by atoms with Crippen LogP contribution in [0, 0.1) is 0 Å². The summed E-state index contributed by atoms with van der Waals surface area (Å²) in [5.41, 5.74) is 8.29. The van der Waals surface area contributed by atoms with Crippen molar-refractivity contribution in [3.05, 3.63) is 28.4 Å². The molecule has 1 atom stereocenters. The van der Waals surface area contributed by atoms with Crippen molar-refractivity contribution in [1.29, 1.82) is 0 Å². The van der Waals surface area contributed by atoms with Crippen LogP contribution in [0.15, 0.2) is 22.8 Å². The average Bonchev–Trinajstić information content (AvgIpc) is 3.17. The Morgan fingerprint density at radius 2 is 2.00 bits per heavy atom. The van der Waals surface area contributed by atoms with Crippen LogP contribution in [0.3, 0.4) is 0 Å². The molecule has 0 aliphatic carbocycles. The van der Waals surface area contributed by atoms with E-state index in [2.05, 4.69) is 36.3 Å². The summed E-state index contributed by atoms with van der Waals surface area (Å²) in [5, 5.41) is 11.5. The zero-order valence-electron chi connectivity index (χ0n) is 15.5. The van der Waals surface area contributed by atoms with Crippen molar-refractivity contribution in [2.75, 3.05) is 39.3 Å². The summed E-state index contributed by atoms with van der Waals surface area (Å²) in [6, 6.07) is 4.22. The minimum Gasteiger partial charge on any atom is -0.339 e. The molecule has 0 spiro atoms. The fourth-order valence-corrected chi connectivity index (χ4v) is 4.86. The number of halogens is 1. The summed E-state index contributed by atoms with van der Waals surface area (Å²) in [5.74, 6) is 0.0587. The zero-order chi connectivity index (χ0) is 18.8. The molecule has 3 heterocycles. The molecule has 1 unspecified atom stereocenters. The van der Waals surface area contributed by atoms with Gasteiger partial charge in [-0.3, -0.25) is 14.8 Å². The number of piperidine rings is 1. The zero-order valence-corrected chi connectivity index (χ0v) is 17.0. The molecule has 1 aromatic heterocycles. The first-order valence-electron chi connectivity index (χ1n) is 9.72. The standard InChI is InChI=1S/C19H27BrN6O/c20-16-10-13(9-14-12-23-24-18(14)16)11-17(21)19(27)26-7-5-25(6-8-26)15-1-3-22-4-2-15/h9-10,12,15,17,22H,1-8,11,21H2,(H,23,24). The third-order valence-corrected chi connectivity index (χ3v) is 6.41. The summed E-state index contributed by atoms with van der Waals surface area (Å²) in [4.78, 5) is 17.3. The number of hydrogen-bond acceptors (Lipinski definition) is 5. The second kappa shape index (κ2) is 8.26. The Kier molecular flexibility index (Phi) is 5.77. The molecule has 4 rings (SSSR count). The minimum absolute atomic E-state index is 0.0587. The Hall–Kier alpha value is -1.48. The highest BCUT2D eigenvalue weighted by Gasteiger charge is 2.29. The Morgan fingerprint density at radius 3 is 2.74 bits per heavy atom. The highest BCUT2D eigenvalue weighted by atomic mass is 79.9. The molecule has 0 radical (unpaired) electrons. The molecule has 2 aromatic rings. The van der Waals surface area contributed by atoms with E-state index >= 15 is 0 Å². The van der Waals surface area contributed by atoms with Crippen molar-refractivity contribution in [1.82, 2.24) is 25.3 Å². The number of nitrogens with one attached hydrogen (secondary N) is 2. The van der Waals surface area contributed by atoms with Crippen LogP contribution in [0.2, 0.25) is 0 Å². The number of aromatic nitrogens is 2. The van der Waals surface area contributed by atoms with Crippen molar-refractivity contribution < 1.29 is 4.79 Å². The molecule has 2 saturated heterocycles. The van der Waals surface area contributed by atoms with Gasteiger partial charge in [0.15, 0.2) is 0 Å². The van der Waals surface area contributed by atoms with E-state index in [0.717, 1.165) is 60.2 Å². The number of piperazine rings is 1. The van der Waals surface area contributed by atoms with E-state index < -0.39 is 6.04 Å². The highest BCUT2D eigenvalue weighted by molar-refractivity contribution is 9.10. The van der Waals surface area contributed by atoms with E-state index in [1.165, 1.54) is 12.8 Å². The monoisotopic (exact) mass is 434 g/mol. The lowest BCUT2D eigenvalue weighted by molar-refractivity contribution is -0.134. The van der Waals surface area contributed by atoms with Crippen LogP contribution < -0.4 is 11.1 Å². The minimum atomic E-state index is -0.508. The molecule has 2 aliphatic heterocycles. The van der Waals surface area contributed by atoms with E-state index in [1.807, 2.05) is 17.0 Å². The molecule has 146 valence electrons. The highest BCUT2D eigenvalue weighted by Crippen LogP contribution is 2.24. The van der Waals surface area contributed by atoms with E-state index in [9.17, 15) is 4.79 Å². The summed E-state index contributed by atoms with van der Waals surface area (Å²) < 4.78 is 0.947. The van der Waals surface area contributed by atoms with Gasteiger partial charge in [-0.05, 0) is 66.0 Å². The molecule has 0 bridgehead atoms. The van der Waals surface area contributed by atoms with Gasteiger partial charge in [-0.15, -0.1) is 0 Å². The quantitative estimate of drug-likeness (QED) is 0.669. The lowest BCUT2D eigenvalue weighted by atomic mass is 10.0. The molecular weight excluding hydrogens is 408 g/mol. The maximum atomic E-state index is 12.8. The number of rotatable bonds is 4. The Morgan fingerprint density at radius 1 is 1.26 bits per heavy atom. The molecule has 7 nitrogen and oxygen atoms in total. The fourth-order valence-electron chi connectivity index (χ4n) is 4.25. The van der Waals surface area contributed by atoms with Crippen molar-refractivity contribution in [3.63, 3.8) is 0 Å². The van der Waals surface area contributed by atoms with Crippen LogP contribution in [0.5, 0.6) is 0 Å². The first-order valence-corrected chi connectivity index (χ1v) is 10.5. The van der Waals surface area contributed by atoms with Crippen molar-refractivity contribution >= 4 is 32.7 Å². The number of fused-ring (bicyclic) bond motifs is 1. The Bertz CT molecular complexity index is 795. The van der Waals surface area contributed by atoms with Gasteiger partial charge in [0.2, 0.25) is 5.91 Å². The van der Waals surface area contributed by atoms with E-state index in [0.29, 0.717) is 12.5 Å². The van der Waals surface area contributed by atoms with Gasteiger partial charge in [0.05, 0.1) is 17.8 Å². The predicted molar refractivity (Wildman–Crippen MR) is 110 cm³/mol. The second-order valence-corrected chi connectivity index (χ2v) is 8.42. The molecule has 0 saturated carbocycles. The molecule has 2 aliphatic rings. The second-order valence-electron chi connectivity index (χ2n) is 7.56. The molecular formula is C19H27BrN6O. The normalized spacial score (nSPS) is 20.9. The van der Waals surface area contributed by atoms with E-state index in [4.69, 9.17) is 5.73 Å². The van der Waals surface area contributed by atoms with Gasteiger partial charge in [0.1, 0.15) is 0 Å².